The van der Waals surface area contributed by atoms with Crippen LogP contribution in [0.15, 0.2) is 34.9 Å². The van der Waals surface area contributed by atoms with Crippen LogP contribution in [0.3, 0.4) is 0 Å². The van der Waals surface area contributed by atoms with Crippen molar-refractivity contribution < 1.29 is 14.1 Å². The van der Waals surface area contributed by atoms with Crippen LogP contribution in [-0.2, 0) is 16.0 Å². The fraction of sp³-hybridized carbons (Fsp3) is 0.474. The van der Waals surface area contributed by atoms with E-state index in [1.54, 1.807) is 4.90 Å². The van der Waals surface area contributed by atoms with E-state index < -0.39 is 0 Å². The lowest BCUT2D eigenvalue weighted by Gasteiger charge is -2.31. The van der Waals surface area contributed by atoms with Crippen molar-refractivity contribution in [3.05, 3.63) is 36.2 Å². The molecule has 26 heavy (non-hydrogen) atoms. The highest BCUT2D eigenvalue weighted by Crippen LogP contribution is 2.18. The molecule has 2 amide bonds. The first kappa shape index (κ1) is 18.1. The van der Waals surface area contributed by atoms with Gasteiger partial charge in [0, 0.05) is 38.0 Å². The zero-order chi connectivity index (χ0) is 18.4. The zero-order valence-electron chi connectivity index (χ0n) is 15.0. The number of benzene rings is 1. The number of likely N-dealkylation sites (tertiary alicyclic amines) is 1. The van der Waals surface area contributed by atoms with Gasteiger partial charge in [-0.05, 0) is 25.0 Å². The number of amides is 2. The average Bonchev–Trinajstić information content (AvgIpc) is 3.17. The smallest absolute Gasteiger partial charge is 0.257 e. The molecule has 7 nitrogen and oxygen atoms in total. The molecule has 0 spiro atoms. The molecule has 0 saturated carbocycles. The molecule has 138 valence electrons. The Kier molecular flexibility index (Phi) is 5.99. The summed E-state index contributed by atoms with van der Waals surface area (Å²) in [6.07, 6.45) is 2.68. The summed E-state index contributed by atoms with van der Waals surface area (Å²) in [5, 5.41) is 6.89. The van der Waals surface area contributed by atoms with Crippen LogP contribution in [0.5, 0.6) is 0 Å². The fourth-order valence-corrected chi connectivity index (χ4v) is 3.14. The third kappa shape index (κ3) is 4.47. The Morgan fingerprint density at radius 3 is 2.88 bits per heavy atom. The number of carbonyl (C=O) groups excluding carboxylic acids is 2. The molecule has 0 unspecified atom stereocenters. The second-order valence-corrected chi connectivity index (χ2v) is 6.46. The van der Waals surface area contributed by atoms with Gasteiger partial charge >= 0.3 is 0 Å². The van der Waals surface area contributed by atoms with Crippen molar-refractivity contribution in [1.29, 1.82) is 0 Å². The minimum atomic E-state index is -0.135. The maximum absolute atomic E-state index is 12.4. The van der Waals surface area contributed by atoms with E-state index >= 15 is 0 Å². The van der Waals surface area contributed by atoms with Gasteiger partial charge in [0.25, 0.3) is 5.89 Å². The Hall–Kier alpha value is -2.70. The summed E-state index contributed by atoms with van der Waals surface area (Å²) in [7, 11) is 0. The van der Waals surface area contributed by atoms with E-state index in [2.05, 4.69) is 15.5 Å². The summed E-state index contributed by atoms with van der Waals surface area (Å²) in [6.45, 7) is 3.56. The van der Waals surface area contributed by atoms with Crippen molar-refractivity contribution in [2.45, 2.75) is 32.6 Å². The SMILES string of the molecule is CCC(=O)N1CCC[C@H](C(=O)NCCc2noc(-c3ccccc3)n2)C1. The summed E-state index contributed by atoms with van der Waals surface area (Å²) in [6, 6.07) is 9.57. The molecule has 0 radical (unpaired) electrons. The van der Waals surface area contributed by atoms with Gasteiger partial charge in [-0.3, -0.25) is 9.59 Å². The Labute approximate surface area is 152 Å². The van der Waals surface area contributed by atoms with Crippen molar-refractivity contribution in [2.24, 2.45) is 5.92 Å². The van der Waals surface area contributed by atoms with Crippen LogP contribution >= 0.6 is 0 Å². The highest BCUT2D eigenvalue weighted by atomic mass is 16.5. The normalized spacial score (nSPS) is 17.1. The lowest BCUT2D eigenvalue weighted by atomic mass is 9.97. The maximum atomic E-state index is 12.4. The number of piperidine rings is 1. The van der Waals surface area contributed by atoms with E-state index in [-0.39, 0.29) is 17.7 Å². The largest absolute Gasteiger partial charge is 0.355 e. The van der Waals surface area contributed by atoms with Crippen molar-refractivity contribution in [1.82, 2.24) is 20.4 Å². The molecular formula is C19H24N4O3. The molecule has 1 N–H and O–H groups in total. The number of aromatic nitrogens is 2. The molecule has 1 aromatic heterocycles. The third-order valence-corrected chi connectivity index (χ3v) is 4.58. The molecular weight excluding hydrogens is 332 g/mol. The first-order valence-electron chi connectivity index (χ1n) is 9.11. The van der Waals surface area contributed by atoms with Crippen LogP contribution in [-0.4, -0.2) is 46.5 Å². The first-order valence-corrected chi connectivity index (χ1v) is 9.11. The maximum Gasteiger partial charge on any atom is 0.257 e. The summed E-state index contributed by atoms with van der Waals surface area (Å²) in [5.41, 5.74) is 0.873. The van der Waals surface area contributed by atoms with Crippen LogP contribution in [0, 0.1) is 5.92 Å². The van der Waals surface area contributed by atoms with E-state index in [0.29, 0.717) is 37.6 Å². The lowest BCUT2D eigenvalue weighted by molar-refractivity contribution is -0.135. The molecule has 2 aromatic rings. The van der Waals surface area contributed by atoms with Crippen LogP contribution in [0.4, 0.5) is 0 Å². The molecule has 3 rings (SSSR count). The number of hydrogen-bond acceptors (Lipinski definition) is 5. The van der Waals surface area contributed by atoms with Gasteiger partial charge in [0.2, 0.25) is 11.8 Å². The van der Waals surface area contributed by atoms with Crippen LogP contribution in [0.25, 0.3) is 11.5 Å². The lowest BCUT2D eigenvalue weighted by Crippen LogP contribution is -2.45. The van der Waals surface area contributed by atoms with Gasteiger partial charge in [0.1, 0.15) is 0 Å². The van der Waals surface area contributed by atoms with Gasteiger partial charge in [-0.25, -0.2) is 0 Å². The van der Waals surface area contributed by atoms with Gasteiger partial charge in [-0.1, -0.05) is 30.3 Å². The second kappa shape index (κ2) is 8.60. The molecule has 0 bridgehead atoms. The highest BCUT2D eigenvalue weighted by molar-refractivity contribution is 5.81. The molecule has 1 saturated heterocycles. The topological polar surface area (TPSA) is 88.3 Å². The van der Waals surface area contributed by atoms with Gasteiger partial charge in [0.15, 0.2) is 5.82 Å². The first-order chi connectivity index (χ1) is 12.7. The van der Waals surface area contributed by atoms with Crippen molar-refractivity contribution >= 4 is 11.8 Å². The fourth-order valence-electron chi connectivity index (χ4n) is 3.14. The van der Waals surface area contributed by atoms with Gasteiger partial charge in [-0.15, -0.1) is 0 Å². The summed E-state index contributed by atoms with van der Waals surface area (Å²) in [5.74, 6) is 1.01. The average molecular weight is 356 g/mol. The minimum Gasteiger partial charge on any atom is -0.355 e. The standard InChI is InChI=1S/C19H24N4O3/c1-2-17(24)23-12-6-9-15(13-23)18(25)20-11-10-16-21-19(26-22-16)14-7-4-3-5-8-14/h3-5,7-8,15H,2,6,9-13H2,1H3,(H,20,25)/t15-/m0/s1. The van der Waals surface area contributed by atoms with Crippen LogP contribution < -0.4 is 5.32 Å². The predicted molar refractivity (Wildman–Crippen MR) is 96.0 cm³/mol. The van der Waals surface area contributed by atoms with Gasteiger partial charge in [0.05, 0.1) is 5.92 Å². The minimum absolute atomic E-state index is 0.00891. The van der Waals surface area contributed by atoms with E-state index in [0.717, 1.165) is 24.9 Å². The number of nitrogens with zero attached hydrogens (tertiary/aromatic N) is 3. The molecule has 1 aliphatic rings. The van der Waals surface area contributed by atoms with E-state index in [9.17, 15) is 9.59 Å². The molecule has 1 atom stereocenters. The molecule has 7 heteroatoms. The molecule has 0 aliphatic carbocycles. The Bertz CT molecular complexity index is 744. The number of rotatable bonds is 6. The number of carbonyl (C=O) groups is 2. The Morgan fingerprint density at radius 1 is 1.31 bits per heavy atom. The Morgan fingerprint density at radius 2 is 2.12 bits per heavy atom. The van der Waals surface area contributed by atoms with Crippen molar-refractivity contribution in [3.63, 3.8) is 0 Å². The zero-order valence-corrected chi connectivity index (χ0v) is 15.0. The van der Waals surface area contributed by atoms with E-state index in [1.165, 1.54) is 0 Å². The third-order valence-electron chi connectivity index (χ3n) is 4.58. The predicted octanol–water partition coefficient (Wildman–Crippen LogP) is 2.04. The van der Waals surface area contributed by atoms with Gasteiger partial charge in [-0.2, -0.15) is 4.98 Å². The van der Waals surface area contributed by atoms with Crippen molar-refractivity contribution in [3.8, 4) is 11.5 Å². The Balaban J connectivity index is 1.47. The summed E-state index contributed by atoms with van der Waals surface area (Å²) >= 11 is 0. The second-order valence-electron chi connectivity index (χ2n) is 6.46. The molecule has 1 fully saturated rings. The highest BCUT2D eigenvalue weighted by Gasteiger charge is 2.27. The van der Waals surface area contributed by atoms with E-state index in [4.69, 9.17) is 4.52 Å². The summed E-state index contributed by atoms with van der Waals surface area (Å²) in [4.78, 5) is 30.3. The number of hydrogen-bond donors (Lipinski definition) is 1. The molecule has 1 aliphatic heterocycles. The molecule has 1 aromatic carbocycles. The summed E-state index contributed by atoms with van der Waals surface area (Å²) < 4.78 is 5.26. The monoisotopic (exact) mass is 356 g/mol. The van der Waals surface area contributed by atoms with Gasteiger partial charge < -0.3 is 14.7 Å². The van der Waals surface area contributed by atoms with Crippen LogP contribution in [0.2, 0.25) is 0 Å². The van der Waals surface area contributed by atoms with E-state index in [1.807, 2.05) is 37.3 Å². The number of nitrogens with one attached hydrogen (secondary N) is 1. The van der Waals surface area contributed by atoms with Crippen molar-refractivity contribution in [2.75, 3.05) is 19.6 Å². The van der Waals surface area contributed by atoms with Crippen LogP contribution in [0.1, 0.15) is 32.0 Å². The molecule has 2 heterocycles. The quantitative estimate of drug-likeness (QED) is 0.856.